The Morgan fingerprint density at radius 1 is 1.14 bits per heavy atom. The van der Waals surface area contributed by atoms with Gasteiger partial charge in [-0.1, -0.05) is 39.8 Å². The number of nitrogens with one attached hydrogen (secondary N) is 1. The number of carbonyl (C=O) groups excluding carboxylic acids is 2. The van der Waals surface area contributed by atoms with E-state index in [-0.39, 0.29) is 24.2 Å². The van der Waals surface area contributed by atoms with Gasteiger partial charge in [-0.25, -0.2) is 0 Å². The number of hydrogen-bond donors (Lipinski definition) is 4. The van der Waals surface area contributed by atoms with Crippen molar-refractivity contribution >= 4 is 11.8 Å². The monoisotopic (exact) mass is 527 g/mol. The summed E-state index contributed by atoms with van der Waals surface area (Å²) in [4.78, 5) is 25.3. The van der Waals surface area contributed by atoms with Crippen LogP contribution >= 0.6 is 0 Å². The molecule has 4 atom stereocenters. The van der Waals surface area contributed by atoms with Crippen LogP contribution < -0.4 is 21.5 Å². The molecule has 0 unspecified atom stereocenters. The maximum absolute atomic E-state index is 13.2. The van der Waals surface area contributed by atoms with Gasteiger partial charge in [-0.05, 0) is 68.4 Å². The standard InChI is InChI=1S/C29H51N3O5/c1-19(2)22(14-21-10-8-11-23(15-21)37-13-9-12-36-7)16-25(30)26(33)17-24(20(3)4)27(34)32-18-29(5,6)28(31)35/h8,10-11,15,19-20,22,24-26,33H,9,12-14,16-18,30H2,1-7H3,(H2,31,35)(H,32,34)/t22-,24-,25-,26-/m0/s1/i5D3,6D3. The summed E-state index contributed by atoms with van der Waals surface area (Å²) < 4.78 is 57.2. The topological polar surface area (TPSA) is 137 Å². The smallest absolute Gasteiger partial charge is 0.224 e. The number of ether oxygens (including phenoxy) is 2. The second kappa shape index (κ2) is 15.9. The first kappa shape index (κ1) is 23.9. The average molecular weight is 528 g/mol. The van der Waals surface area contributed by atoms with E-state index in [1.165, 1.54) is 0 Å². The highest BCUT2D eigenvalue weighted by Gasteiger charge is 2.32. The molecule has 212 valence electrons. The molecule has 0 heterocycles. The Kier molecular flexibility index (Phi) is 10.3. The highest BCUT2D eigenvalue weighted by atomic mass is 16.5. The van der Waals surface area contributed by atoms with E-state index in [1.807, 2.05) is 24.3 Å². The van der Waals surface area contributed by atoms with Crippen molar-refractivity contribution in [1.82, 2.24) is 5.32 Å². The van der Waals surface area contributed by atoms with Crippen LogP contribution in [0.5, 0.6) is 5.75 Å². The summed E-state index contributed by atoms with van der Waals surface area (Å²) >= 11 is 0. The molecule has 6 N–H and O–H groups in total. The van der Waals surface area contributed by atoms with Crippen molar-refractivity contribution < 1.29 is 32.4 Å². The maximum atomic E-state index is 13.2. The molecular weight excluding hydrogens is 470 g/mol. The minimum atomic E-state index is -3.30. The van der Waals surface area contributed by atoms with E-state index in [0.29, 0.717) is 26.1 Å². The first-order valence-corrected chi connectivity index (χ1v) is 13.0. The van der Waals surface area contributed by atoms with Crippen molar-refractivity contribution in [2.75, 3.05) is 26.9 Å². The maximum Gasteiger partial charge on any atom is 0.224 e. The van der Waals surface area contributed by atoms with Crippen LogP contribution in [0.15, 0.2) is 24.3 Å². The fourth-order valence-electron chi connectivity index (χ4n) is 4.11. The minimum Gasteiger partial charge on any atom is -0.493 e. The Morgan fingerprint density at radius 3 is 2.41 bits per heavy atom. The number of methoxy groups -OCH3 is 1. The number of primary amides is 1. The van der Waals surface area contributed by atoms with Gasteiger partial charge in [0, 0.05) is 46.9 Å². The molecule has 8 heteroatoms. The predicted molar refractivity (Wildman–Crippen MR) is 148 cm³/mol. The van der Waals surface area contributed by atoms with Gasteiger partial charge in [0.1, 0.15) is 5.75 Å². The van der Waals surface area contributed by atoms with Gasteiger partial charge in [-0.2, -0.15) is 0 Å². The highest BCUT2D eigenvalue weighted by Crippen LogP contribution is 2.27. The lowest BCUT2D eigenvalue weighted by molar-refractivity contribution is -0.130. The van der Waals surface area contributed by atoms with E-state index in [9.17, 15) is 14.7 Å². The average Bonchev–Trinajstić information content (AvgIpc) is 2.87. The quantitative estimate of drug-likeness (QED) is 0.216. The zero-order valence-electron chi connectivity index (χ0n) is 29.0. The van der Waals surface area contributed by atoms with Crippen LogP contribution in [0, 0.1) is 29.1 Å². The van der Waals surface area contributed by atoms with Crippen LogP contribution in [0.4, 0.5) is 0 Å². The molecule has 0 aromatic heterocycles. The second-order valence-corrected chi connectivity index (χ2v) is 10.6. The molecule has 0 bridgehead atoms. The summed E-state index contributed by atoms with van der Waals surface area (Å²) in [5.74, 6) is -2.25. The number of nitrogens with two attached hydrogens (primary N) is 2. The van der Waals surface area contributed by atoms with Crippen LogP contribution in [0.1, 0.15) is 74.4 Å². The first-order valence-electron chi connectivity index (χ1n) is 16.0. The van der Waals surface area contributed by atoms with E-state index in [4.69, 9.17) is 29.2 Å². The molecule has 0 aliphatic carbocycles. The van der Waals surface area contributed by atoms with Gasteiger partial charge in [0.15, 0.2) is 0 Å². The van der Waals surface area contributed by atoms with Gasteiger partial charge < -0.3 is 31.4 Å². The SMILES string of the molecule is [2H]C([2H])([2H])C(CNC(=O)[C@@H](C[C@H](O)[C@@H](N)C[C@H](Cc1cccc(OCCCOC)c1)C(C)C)C(C)C)(C(N)=O)C([2H])([2H])[2H]. The van der Waals surface area contributed by atoms with Crippen LogP contribution in [-0.4, -0.2) is 55.9 Å². The molecule has 0 aliphatic heterocycles. The van der Waals surface area contributed by atoms with E-state index in [1.54, 1.807) is 21.0 Å². The molecule has 0 saturated heterocycles. The number of benzene rings is 1. The largest absolute Gasteiger partial charge is 0.493 e. The van der Waals surface area contributed by atoms with Gasteiger partial charge in [0.2, 0.25) is 11.8 Å². The van der Waals surface area contributed by atoms with Crippen LogP contribution in [-0.2, 0) is 20.7 Å². The molecule has 1 aromatic carbocycles. The third kappa shape index (κ3) is 11.8. The number of carbonyl (C=O) groups is 2. The van der Waals surface area contributed by atoms with Crippen molar-refractivity contribution in [3.8, 4) is 5.75 Å². The predicted octanol–water partition coefficient (Wildman–Crippen LogP) is 3.28. The molecule has 0 spiro atoms. The van der Waals surface area contributed by atoms with Crippen molar-refractivity contribution in [1.29, 1.82) is 0 Å². The number of rotatable bonds is 18. The summed E-state index contributed by atoms with van der Waals surface area (Å²) in [6.07, 6.45) is 0.864. The fraction of sp³-hybridized carbons (Fsp3) is 0.724. The van der Waals surface area contributed by atoms with Crippen LogP contribution in [0.3, 0.4) is 0 Å². The third-order valence-electron chi connectivity index (χ3n) is 6.76. The lowest BCUT2D eigenvalue weighted by Gasteiger charge is -2.30. The van der Waals surface area contributed by atoms with Crippen molar-refractivity contribution in [2.45, 2.75) is 79.2 Å². The van der Waals surface area contributed by atoms with Crippen molar-refractivity contribution in [3.05, 3.63) is 29.8 Å². The summed E-state index contributed by atoms with van der Waals surface area (Å²) in [5.41, 5.74) is 9.83. The van der Waals surface area contributed by atoms with Crippen molar-refractivity contribution in [3.63, 3.8) is 0 Å². The molecule has 0 saturated carbocycles. The van der Waals surface area contributed by atoms with Crippen LogP contribution in [0.25, 0.3) is 0 Å². The summed E-state index contributed by atoms with van der Waals surface area (Å²) in [7, 11) is 1.65. The molecule has 1 rings (SSSR count). The van der Waals surface area contributed by atoms with Gasteiger partial charge in [0.25, 0.3) is 0 Å². The molecule has 2 amide bonds. The molecule has 8 nitrogen and oxygen atoms in total. The summed E-state index contributed by atoms with van der Waals surface area (Å²) in [5, 5.41) is 13.4. The second-order valence-electron chi connectivity index (χ2n) is 10.6. The summed E-state index contributed by atoms with van der Waals surface area (Å²) in [6, 6.07) is 7.18. The Bertz CT molecular complexity index is 1010. The lowest BCUT2D eigenvalue weighted by atomic mass is 9.80. The highest BCUT2D eigenvalue weighted by molar-refractivity contribution is 5.83. The van der Waals surface area contributed by atoms with Gasteiger partial charge in [-0.3, -0.25) is 9.59 Å². The minimum absolute atomic E-state index is 0.0363. The van der Waals surface area contributed by atoms with Crippen LogP contribution in [0.2, 0.25) is 0 Å². The summed E-state index contributed by atoms with van der Waals surface area (Å²) in [6.45, 7) is 1.24. The van der Waals surface area contributed by atoms with E-state index >= 15 is 0 Å². The van der Waals surface area contributed by atoms with E-state index in [2.05, 4.69) is 19.2 Å². The molecule has 0 aliphatic rings. The lowest BCUT2D eigenvalue weighted by Crippen LogP contribution is -2.46. The third-order valence-corrected chi connectivity index (χ3v) is 6.76. The Balaban J connectivity index is 2.96. The zero-order valence-corrected chi connectivity index (χ0v) is 23.0. The molecule has 37 heavy (non-hydrogen) atoms. The van der Waals surface area contributed by atoms with Gasteiger partial charge in [0.05, 0.1) is 18.1 Å². The molecule has 1 aromatic rings. The van der Waals surface area contributed by atoms with Gasteiger partial charge >= 0.3 is 0 Å². The van der Waals surface area contributed by atoms with E-state index in [0.717, 1.165) is 17.7 Å². The number of aliphatic hydroxyl groups is 1. The normalized spacial score (nSPS) is 18.4. The Labute approximate surface area is 232 Å². The first-order chi connectivity index (χ1) is 19.8. The number of amides is 2. The zero-order chi connectivity index (χ0) is 33.2. The molecular formula is C29H51N3O5. The van der Waals surface area contributed by atoms with E-state index < -0.39 is 55.5 Å². The van der Waals surface area contributed by atoms with Crippen molar-refractivity contribution in [2.24, 2.45) is 40.6 Å². The number of aliphatic hydroxyl groups excluding tert-OH is 1. The molecule has 0 fully saturated rings. The number of hydrogen-bond acceptors (Lipinski definition) is 6. The Hall–Kier alpha value is -2.16. The fourth-order valence-corrected chi connectivity index (χ4v) is 4.11. The van der Waals surface area contributed by atoms with Gasteiger partial charge in [-0.15, -0.1) is 0 Å². The molecule has 0 radical (unpaired) electrons. The Morgan fingerprint density at radius 2 is 1.84 bits per heavy atom.